The quantitative estimate of drug-likeness (QED) is 0.636. The molecule has 1 spiro atoms. The van der Waals surface area contributed by atoms with Crippen molar-refractivity contribution < 1.29 is 27.6 Å². The first-order valence-electron chi connectivity index (χ1n) is 8.99. The van der Waals surface area contributed by atoms with E-state index in [1.807, 2.05) is 33.0 Å². The lowest BCUT2D eigenvalue weighted by atomic mass is 9.74. The van der Waals surface area contributed by atoms with Gasteiger partial charge in [0.2, 0.25) is 0 Å². The number of pyridine rings is 1. The lowest BCUT2D eigenvalue weighted by molar-refractivity contribution is -0.192. The molecule has 0 radical (unpaired) electrons. The van der Waals surface area contributed by atoms with Gasteiger partial charge in [-0.05, 0) is 64.8 Å². The van der Waals surface area contributed by atoms with Crippen LogP contribution < -0.4 is 10.0 Å². The summed E-state index contributed by atoms with van der Waals surface area (Å²) < 4.78 is 47.5. The number of alkyl halides is 3. The average Bonchev–Trinajstić information content (AvgIpc) is 2.87. The fourth-order valence-electron chi connectivity index (χ4n) is 3.49. The summed E-state index contributed by atoms with van der Waals surface area (Å²) in [5.41, 5.74) is 2.60. The van der Waals surface area contributed by atoms with Crippen LogP contribution in [0.25, 0.3) is 0 Å². The molecule has 6 nitrogen and oxygen atoms in total. The molecule has 3 rings (SSSR count). The normalized spacial score (nSPS) is 22.2. The monoisotopic (exact) mass is 421 g/mol. The summed E-state index contributed by atoms with van der Waals surface area (Å²) in [7, 11) is 0. The molecule has 0 aromatic carbocycles. The summed E-state index contributed by atoms with van der Waals surface area (Å²) in [6.07, 6.45) is 0.0192. The third-order valence-electron chi connectivity index (χ3n) is 4.99. The molecule has 2 atom stereocenters. The maximum Gasteiger partial charge on any atom is 0.490 e. The Hall–Kier alpha value is -1.36. The van der Waals surface area contributed by atoms with Crippen LogP contribution in [0.2, 0.25) is 0 Å². The molecule has 0 bridgehead atoms. The number of hydrogen-bond donors (Lipinski definition) is 3. The smallest absolute Gasteiger partial charge is 0.490 e. The maximum absolute atomic E-state index is 12.6. The number of halogens is 3. The standard InChI is InChI=1S/C16H25N3OS.C2HF3O2/c1-15(2,3)21(20)19-14-12-5-4-8-18-13(12)11-16(14)6-9-17-10-7-16;3-2(4,5)1(6)7/h4-5,8,14,17,19H,6-7,9-11H2,1-3H3;(H,6,7)/t14-,21?;/m1./s1. The van der Waals surface area contributed by atoms with Gasteiger partial charge < -0.3 is 15.0 Å². The number of aliphatic carboxylic acids is 1. The Morgan fingerprint density at radius 2 is 1.93 bits per heavy atom. The van der Waals surface area contributed by atoms with E-state index in [0.29, 0.717) is 0 Å². The van der Waals surface area contributed by atoms with Crippen LogP contribution in [0.15, 0.2) is 18.3 Å². The molecular formula is C18H26F3N3O3S. The molecule has 0 amide bonds. The van der Waals surface area contributed by atoms with Crippen LogP contribution in [0.3, 0.4) is 0 Å². The van der Waals surface area contributed by atoms with Gasteiger partial charge in [0, 0.05) is 28.7 Å². The number of piperidine rings is 1. The Labute approximate surface area is 165 Å². The summed E-state index contributed by atoms with van der Waals surface area (Å²) in [5, 5.41) is 10.6. The highest BCUT2D eigenvalue weighted by molar-refractivity contribution is 7.90. The van der Waals surface area contributed by atoms with Gasteiger partial charge in [-0.2, -0.15) is 13.2 Å². The number of nitrogens with one attached hydrogen (secondary N) is 2. The molecule has 1 saturated heterocycles. The Bertz CT molecular complexity index is 689. The number of carbonyl (C=O) groups is 1. The van der Waals surface area contributed by atoms with Crippen LogP contribution in [-0.4, -0.2) is 44.6 Å². The molecule has 1 fully saturated rings. The van der Waals surface area contributed by atoms with Crippen LogP contribution in [0.4, 0.5) is 13.2 Å². The Morgan fingerprint density at radius 3 is 2.43 bits per heavy atom. The van der Waals surface area contributed by atoms with Gasteiger partial charge in [-0.1, -0.05) is 6.07 Å². The van der Waals surface area contributed by atoms with Crippen LogP contribution in [-0.2, 0) is 22.6 Å². The van der Waals surface area contributed by atoms with Gasteiger partial charge in [0.25, 0.3) is 0 Å². The first kappa shape index (κ1) is 22.9. The van der Waals surface area contributed by atoms with Crippen molar-refractivity contribution in [2.24, 2.45) is 5.41 Å². The summed E-state index contributed by atoms with van der Waals surface area (Å²) >= 11 is -1.06. The van der Waals surface area contributed by atoms with Crippen LogP contribution in [0.1, 0.15) is 50.9 Å². The van der Waals surface area contributed by atoms with Crippen molar-refractivity contribution in [3.63, 3.8) is 0 Å². The third-order valence-corrected chi connectivity index (χ3v) is 6.55. The molecule has 158 valence electrons. The number of fused-ring (bicyclic) bond motifs is 1. The second-order valence-corrected chi connectivity index (χ2v) is 10.1. The van der Waals surface area contributed by atoms with E-state index >= 15 is 0 Å². The number of nitrogens with zero attached hydrogens (tertiary/aromatic N) is 1. The average molecular weight is 421 g/mol. The zero-order valence-corrected chi connectivity index (χ0v) is 16.9. The zero-order valence-electron chi connectivity index (χ0n) is 16.1. The van der Waals surface area contributed by atoms with E-state index < -0.39 is 23.5 Å². The summed E-state index contributed by atoms with van der Waals surface area (Å²) in [4.78, 5) is 13.5. The molecule has 2 aliphatic rings. The van der Waals surface area contributed by atoms with E-state index in [9.17, 15) is 17.7 Å². The van der Waals surface area contributed by atoms with E-state index in [1.54, 1.807) is 0 Å². The van der Waals surface area contributed by atoms with E-state index in [0.717, 1.165) is 32.4 Å². The second kappa shape index (κ2) is 8.56. The lowest BCUT2D eigenvalue weighted by Gasteiger charge is -2.40. The fourth-order valence-corrected chi connectivity index (χ4v) is 4.43. The van der Waals surface area contributed by atoms with Crippen molar-refractivity contribution in [2.45, 2.75) is 57.0 Å². The molecule has 1 aromatic heterocycles. The predicted molar refractivity (Wildman–Crippen MR) is 99.9 cm³/mol. The van der Waals surface area contributed by atoms with Crippen LogP contribution in [0, 0.1) is 5.41 Å². The number of rotatable bonds is 2. The van der Waals surface area contributed by atoms with E-state index in [2.05, 4.69) is 21.1 Å². The number of hydrogen-bond acceptors (Lipinski definition) is 5. The molecule has 1 aliphatic carbocycles. The SMILES string of the molecule is CC(C)(C)[S+]([O-])N[C@@H]1c2cccnc2CC12CCNCC2.O=C(O)C(F)(F)F. The topological polar surface area (TPSA) is 97.3 Å². The largest absolute Gasteiger partial charge is 0.598 e. The Balaban J connectivity index is 0.000000345. The first-order chi connectivity index (χ1) is 12.9. The van der Waals surface area contributed by atoms with Crippen molar-refractivity contribution in [2.75, 3.05) is 13.1 Å². The van der Waals surface area contributed by atoms with Crippen LogP contribution >= 0.6 is 0 Å². The minimum absolute atomic E-state index is 0.156. The van der Waals surface area contributed by atoms with Gasteiger partial charge in [0.15, 0.2) is 0 Å². The Kier molecular flexibility index (Phi) is 7.01. The summed E-state index contributed by atoms with van der Waals surface area (Å²) in [6, 6.07) is 4.30. The molecule has 28 heavy (non-hydrogen) atoms. The predicted octanol–water partition coefficient (Wildman–Crippen LogP) is 2.73. The van der Waals surface area contributed by atoms with Gasteiger partial charge in [-0.15, -0.1) is 4.72 Å². The molecule has 3 N–H and O–H groups in total. The molecule has 10 heteroatoms. The van der Waals surface area contributed by atoms with Crippen LogP contribution in [0.5, 0.6) is 0 Å². The van der Waals surface area contributed by atoms with E-state index in [-0.39, 0.29) is 16.2 Å². The number of carboxylic acid groups (broad SMARTS) is 1. The van der Waals surface area contributed by atoms with Crippen molar-refractivity contribution in [3.8, 4) is 0 Å². The first-order valence-corrected chi connectivity index (χ1v) is 10.1. The van der Waals surface area contributed by atoms with Gasteiger partial charge in [0.1, 0.15) is 4.75 Å². The van der Waals surface area contributed by atoms with Gasteiger partial charge in [-0.25, -0.2) is 4.79 Å². The van der Waals surface area contributed by atoms with Crippen molar-refractivity contribution in [1.82, 2.24) is 15.0 Å². The molecule has 2 heterocycles. The summed E-state index contributed by atoms with van der Waals surface area (Å²) in [6.45, 7) is 8.13. The Morgan fingerprint density at radius 1 is 1.36 bits per heavy atom. The van der Waals surface area contributed by atoms with E-state index in [1.165, 1.54) is 11.3 Å². The maximum atomic E-state index is 12.6. The van der Waals surface area contributed by atoms with Gasteiger partial charge in [0.05, 0.1) is 6.04 Å². The highest BCUT2D eigenvalue weighted by atomic mass is 32.2. The summed E-state index contributed by atoms with van der Waals surface area (Å²) in [5.74, 6) is -2.76. The number of aromatic nitrogens is 1. The highest BCUT2D eigenvalue weighted by Crippen LogP contribution is 2.51. The fraction of sp³-hybridized carbons (Fsp3) is 0.667. The molecular weight excluding hydrogens is 395 g/mol. The highest BCUT2D eigenvalue weighted by Gasteiger charge is 2.50. The molecule has 1 aliphatic heterocycles. The van der Waals surface area contributed by atoms with Crippen molar-refractivity contribution >= 4 is 17.3 Å². The number of carboxylic acids is 1. The van der Waals surface area contributed by atoms with E-state index in [4.69, 9.17) is 9.90 Å². The minimum atomic E-state index is -5.08. The third kappa shape index (κ3) is 5.37. The minimum Gasteiger partial charge on any atom is -0.598 e. The molecule has 1 unspecified atom stereocenters. The molecule has 0 saturated carbocycles. The molecule has 1 aromatic rings. The second-order valence-electron chi connectivity index (χ2n) is 8.06. The van der Waals surface area contributed by atoms with Crippen molar-refractivity contribution in [3.05, 3.63) is 29.6 Å². The van der Waals surface area contributed by atoms with Gasteiger partial charge >= 0.3 is 12.1 Å². The van der Waals surface area contributed by atoms with Gasteiger partial charge in [-0.3, -0.25) is 4.98 Å². The zero-order chi connectivity index (χ0) is 21.2. The lowest BCUT2D eigenvalue weighted by Crippen LogP contribution is -2.48. The van der Waals surface area contributed by atoms with Crippen molar-refractivity contribution in [1.29, 1.82) is 0 Å².